The van der Waals surface area contributed by atoms with Crippen LogP contribution in [0.2, 0.25) is 0 Å². The maximum atomic E-state index is 2.33. The van der Waals surface area contributed by atoms with Gasteiger partial charge in [-0.2, -0.15) is 0 Å². The molecule has 0 aromatic rings. The molecule has 0 saturated carbocycles. The summed E-state index contributed by atoms with van der Waals surface area (Å²) in [4.78, 5) is 0. The van der Waals surface area contributed by atoms with Crippen molar-refractivity contribution in [1.82, 2.24) is 0 Å². The average molecular weight is 146 g/mol. The lowest BCUT2D eigenvalue weighted by molar-refractivity contribution is 1.05. The van der Waals surface area contributed by atoms with E-state index in [4.69, 9.17) is 0 Å². The van der Waals surface area contributed by atoms with E-state index in [0.29, 0.717) is 7.92 Å². The van der Waals surface area contributed by atoms with Crippen LogP contribution in [0, 0.1) is 0 Å². The zero-order chi connectivity index (χ0) is 7.11. The Morgan fingerprint density at radius 3 is 1.56 bits per heavy atom. The highest BCUT2D eigenvalue weighted by molar-refractivity contribution is 7.57. The second kappa shape index (κ2) is 6.55. The van der Waals surface area contributed by atoms with E-state index in [1.807, 2.05) is 0 Å². The second-order valence-electron chi connectivity index (χ2n) is 2.43. The molecule has 0 aliphatic rings. The fourth-order valence-electron chi connectivity index (χ4n) is 1.06. The minimum Gasteiger partial charge on any atom is -0.107 e. The molecule has 0 rings (SSSR count). The molecule has 0 heterocycles. The van der Waals surface area contributed by atoms with Gasteiger partial charge in [0.05, 0.1) is 0 Å². The third-order valence-corrected chi connectivity index (χ3v) is 4.58. The minimum atomic E-state index is 0.441. The van der Waals surface area contributed by atoms with E-state index in [-0.39, 0.29) is 0 Å². The van der Waals surface area contributed by atoms with E-state index >= 15 is 0 Å². The third kappa shape index (κ3) is 4.90. The first-order valence-electron chi connectivity index (χ1n) is 4.07. The summed E-state index contributed by atoms with van der Waals surface area (Å²) in [5.74, 6) is 0. The van der Waals surface area contributed by atoms with Crippen molar-refractivity contribution in [3.63, 3.8) is 0 Å². The van der Waals surface area contributed by atoms with Gasteiger partial charge in [0.15, 0.2) is 0 Å². The van der Waals surface area contributed by atoms with Crippen LogP contribution in [0.5, 0.6) is 0 Å². The molecule has 0 aromatic heterocycles. The lowest BCUT2D eigenvalue weighted by Crippen LogP contribution is -1.89. The smallest absolute Gasteiger partial charge is 0.0329 e. The van der Waals surface area contributed by atoms with Crippen LogP contribution in [0.3, 0.4) is 0 Å². The Morgan fingerprint density at radius 2 is 1.33 bits per heavy atom. The lowest BCUT2D eigenvalue weighted by atomic mass is 10.6. The van der Waals surface area contributed by atoms with E-state index in [9.17, 15) is 0 Å². The Balaban J connectivity index is 3.18. The van der Waals surface area contributed by atoms with Gasteiger partial charge in [-0.25, -0.2) is 0 Å². The zero-order valence-corrected chi connectivity index (χ0v) is 7.88. The Labute approximate surface area is 60.8 Å². The van der Waals surface area contributed by atoms with Gasteiger partial charge in [-0.05, 0) is 18.5 Å². The van der Waals surface area contributed by atoms with Crippen LogP contribution in [-0.4, -0.2) is 18.5 Å². The van der Waals surface area contributed by atoms with Gasteiger partial charge in [-0.1, -0.05) is 33.6 Å². The standard InChI is InChI=1S/C8H19P/c1-4-7-9(6-3)8-5-2/h4-8H2,1-3H3. The summed E-state index contributed by atoms with van der Waals surface area (Å²) in [6.45, 7) is 6.92. The zero-order valence-electron chi connectivity index (χ0n) is 6.98. The van der Waals surface area contributed by atoms with Crippen molar-refractivity contribution >= 4 is 7.92 Å². The van der Waals surface area contributed by atoms with Crippen molar-refractivity contribution in [2.75, 3.05) is 18.5 Å². The van der Waals surface area contributed by atoms with E-state index in [1.165, 1.54) is 31.3 Å². The molecule has 0 N–H and O–H groups in total. The maximum absolute atomic E-state index is 2.33. The minimum absolute atomic E-state index is 0.441. The summed E-state index contributed by atoms with van der Waals surface area (Å²) in [6.07, 6.45) is 7.22. The molecular formula is C8H19P. The van der Waals surface area contributed by atoms with Crippen LogP contribution in [0.4, 0.5) is 0 Å². The third-order valence-electron chi connectivity index (χ3n) is 1.53. The quantitative estimate of drug-likeness (QED) is 0.522. The molecule has 0 nitrogen and oxygen atoms in total. The molecular weight excluding hydrogens is 127 g/mol. The van der Waals surface area contributed by atoms with Crippen molar-refractivity contribution in [2.24, 2.45) is 0 Å². The maximum Gasteiger partial charge on any atom is -0.0329 e. The fourth-order valence-corrected chi connectivity index (χ4v) is 3.18. The number of rotatable bonds is 5. The Hall–Kier alpha value is 0.430. The molecule has 0 bridgehead atoms. The molecule has 0 atom stereocenters. The van der Waals surface area contributed by atoms with Crippen LogP contribution >= 0.6 is 7.92 Å². The van der Waals surface area contributed by atoms with Crippen LogP contribution in [0.25, 0.3) is 0 Å². The van der Waals surface area contributed by atoms with Crippen molar-refractivity contribution in [3.05, 3.63) is 0 Å². The highest BCUT2D eigenvalue weighted by atomic mass is 31.1. The highest BCUT2D eigenvalue weighted by Gasteiger charge is 2.00. The van der Waals surface area contributed by atoms with Crippen molar-refractivity contribution in [3.8, 4) is 0 Å². The summed E-state index contributed by atoms with van der Waals surface area (Å²) in [7, 11) is 0.441. The van der Waals surface area contributed by atoms with E-state index in [2.05, 4.69) is 20.8 Å². The summed E-state index contributed by atoms with van der Waals surface area (Å²) >= 11 is 0. The first-order chi connectivity index (χ1) is 4.35. The van der Waals surface area contributed by atoms with E-state index in [0.717, 1.165) is 0 Å². The van der Waals surface area contributed by atoms with Crippen LogP contribution < -0.4 is 0 Å². The number of hydrogen-bond donors (Lipinski definition) is 0. The van der Waals surface area contributed by atoms with Crippen molar-refractivity contribution in [2.45, 2.75) is 33.6 Å². The second-order valence-corrected chi connectivity index (χ2v) is 5.30. The molecule has 0 aromatic carbocycles. The largest absolute Gasteiger partial charge is 0.107 e. The first kappa shape index (κ1) is 9.43. The SMILES string of the molecule is CCCP(CC)CCC. The predicted molar refractivity (Wildman–Crippen MR) is 47.8 cm³/mol. The van der Waals surface area contributed by atoms with Gasteiger partial charge >= 0.3 is 0 Å². The molecule has 9 heavy (non-hydrogen) atoms. The van der Waals surface area contributed by atoms with Crippen LogP contribution in [0.1, 0.15) is 33.6 Å². The van der Waals surface area contributed by atoms with E-state index < -0.39 is 0 Å². The monoisotopic (exact) mass is 146 g/mol. The predicted octanol–water partition coefficient (Wildman–Crippen LogP) is 3.31. The summed E-state index contributed by atoms with van der Waals surface area (Å²) < 4.78 is 0. The van der Waals surface area contributed by atoms with Crippen molar-refractivity contribution < 1.29 is 0 Å². The normalized spacial score (nSPS) is 10.7. The summed E-state index contributed by atoms with van der Waals surface area (Å²) in [5, 5.41) is 0. The Kier molecular flexibility index (Phi) is 6.86. The number of hydrogen-bond acceptors (Lipinski definition) is 0. The molecule has 0 radical (unpaired) electrons. The molecule has 0 unspecified atom stereocenters. The lowest BCUT2D eigenvalue weighted by Gasteiger charge is -2.11. The Bertz CT molecular complexity index is 46.5. The molecule has 0 spiro atoms. The van der Waals surface area contributed by atoms with Gasteiger partial charge in [-0.3, -0.25) is 0 Å². The van der Waals surface area contributed by atoms with Gasteiger partial charge in [0.25, 0.3) is 0 Å². The van der Waals surface area contributed by atoms with Gasteiger partial charge in [0.2, 0.25) is 0 Å². The van der Waals surface area contributed by atoms with Crippen molar-refractivity contribution in [1.29, 1.82) is 0 Å². The first-order valence-corrected chi connectivity index (χ1v) is 5.97. The average Bonchev–Trinajstić information content (AvgIpc) is 1.88. The topological polar surface area (TPSA) is 0 Å². The molecule has 0 saturated heterocycles. The van der Waals surface area contributed by atoms with Gasteiger partial charge < -0.3 is 0 Å². The van der Waals surface area contributed by atoms with Crippen LogP contribution in [0.15, 0.2) is 0 Å². The fraction of sp³-hybridized carbons (Fsp3) is 1.00. The van der Waals surface area contributed by atoms with Gasteiger partial charge in [0.1, 0.15) is 0 Å². The molecule has 0 fully saturated rings. The van der Waals surface area contributed by atoms with Gasteiger partial charge in [0, 0.05) is 0 Å². The Morgan fingerprint density at radius 1 is 0.889 bits per heavy atom. The van der Waals surface area contributed by atoms with Crippen LogP contribution in [-0.2, 0) is 0 Å². The molecule has 1 heteroatoms. The molecule has 0 aliphatic carbocycles. The summed E-state index contributed by atoms with van der Waals surface area (Å²) in [5.41, 5.74) is 0. The molecule has 56 valence electrons. The summed E-state index contributed by atoms with van der Waals surface area (Å²) in [6, 6.07) is 0. The van der Waals surface area contributed by atoms with Gasteiger partial charge in [-0.15, -0.1) is 7.92 Å². The van der Waals surface area contributed by atoms with E-state index in [1.54, 1.807) is 0 Å². The molecule has 0 amide bonds. The highest BCUT2D eigenvalue weighted by Crippen LogP contribution is 2.35. The molecule has 0 aliphatic heterocycles.